The predicted molar refractivity (Wildman–Crippen MR) is 98.7 cm³/mol. The van der Waals surface area contributed by atoms with Gasteiger partial charge in [0.2, 0.25) is 15.9 Å². The molecule has 0 aliphatic heterocycles. The van der Waals surface area contributed by atoms with Crippen molar-refractivity contribution >= 4 is 27.3 Å². The van der Waals surface area contributed by atoms with E-state index < -0.39 is 10.0 Å². The molecule has 1 aliphatic rings. The number of hydrogen-bond acceptors (Lipinski definition) is 3. The van der Waals surface area contributed by atoms with Gasteiger partial charge < -0.3 is 5.32 Å². The maximum Gasteiger partial charge on any atom is 0.232 e. The summed E-state index contributed by atoms with van der Waals surface area (Å²) in [5, 5.41) is 2.92. The fourth-order valence-electron chi connectivity index (χ4n) is 3.22. The van der Waals surface area contributed by atoms with Crippen LogP contribution in [0.4, 0.5) is 11.4 Å². The van der Waals surface area contributed by atoms with E-state index in [2.05, 4.69) is 10.0 Å². The molecule has 2 N–H and O–H groups in total. The third kappa shape index (κ3) is 5.51. The second-order valence-electron chi connectivity index (χ2n) is 6.64. The van der Waals surface area contributed by atoms with Gasteiger partial charge >= 0.3 is 0 Å². The fourth-order valence-corrected chi connectivity index (χ4v) is 4.41. The Balaban J connectivity index is 1.97. The highest BCUT2D eigenvalue weighted by Gasteiger charge is 2.17. The van der Waals surface area contributed by atoms with Crippen LogP contribution in [0.1, 0.15) is 57.4 Å². The van der Waals surface area contributed by atoms with E-state index in [0.717, 1.165) is 12.0 Å². The summed E-state index contributed by atoms with van der Waals surface area (Å²) >= 11 is 0. The van der Waals surface area contributed by atoms with Gasteiger partial charge in [-0.25, -0.2) is 8.42 Å². The Labute approximate surface area is 145 Å². The maximum atomic E-state index is 12.2. The van der Waals surface area contributed by atoms with Crippen molar-refractivity contribution < 1.29 is 13.2 Å². The molecule has 0 bridgehead atoms. The summed E-state index contributed by atoms with van der Waals surface area (Å²) in [7, 11) is -3.34. The van der Waals surface area contributed by atoms with E-state index in [9.17, 15) is 13.2 Å². The molecule has 1 amide bonds. The Morgan fingerprint density at radius 3 is 2.54 bits per heavy atom. The van der Waals surface area contributed by atoms with E-state index in [-0.39, 0.29) is 11.7 Å². The molecular formula is C18H28N2O3S. The van der Waals surface area contributed by atoms with E-state index in [1.54, 1.807) is 18.2 Å². The lowest BCUT2D eigenvalue weighted by molar-refractivity contribution is -0.116. The average molecular weight is 353 g/mol. The average Bonchev–Trinajstić information content (AvgIpc) is 3.02. The van der Waals surface area contributed by atoms with Crippen LogP contribution in [0, 0.1) is 12.8 Å². The third-order valence-electron chi connectivity index (χ3n) is 4.60. The van der Waals surface area contributed by atoms with Crippen molar-refractivity contribution in [3.8, 4) is 0 Å². The molecule has 0 heterocycles. The summed E-state index contributed by atoms with van der Waals surface area (Å²) in [6.07, 6.45) is 7.06. The molecule has 134 valence electrons. The van der Waals surface area contributed by atoms with Crippen molar-refractivity contribution in [2.75, 3.05) is 15.8 Å². The number of nitrogens with one attached hydrogen (secondary N) is 2. The standard InChI is InChI=1S/C18H28N2O3S/c1-3-13-24(22,23)20-17-10-6-9-16(14(17)2)19-18(21)12-11-15-7-4-5-8-15/h6,9-10,15,20H,3-5,7-8,11-13H2,1-2H3,(H,19,21). The van der Waals surface area contributed by atoms with Gasteiger partial charge in [0.1, 0.15) is 0 Å². The Hall–Kier alpha value is -1.56. The van der Waals surface area contributed by atoms with Crippen molar-refractivity contribution in [1.29, 1.82) is 0 Å². The van der Waals surface area contributed by atoms with Gasteiger partial charge in [-0.2, -0.15) is 0 Å². The molecule has 0 aromatic heterocycles. The molecule has 1 saturated carbocycles. The number of hydrogen-bond donors (Lipinski definition) is 2. The highest BCUT2D eigenvalue weighted by atomic mass is 32.2. The SMILES string of the molecule is CCCS(=O)(=O)Nc1cccc(NC(=O)CCC2CCCC2)c1C. The molecule has 0 saturated heterocycles. The number of anilines is 2. The van der Waals surface area contributed by atoms with Gasteiger partial charge in [-0.3, -0.25) is 9.52 Å². The molecule has 6 heteroatoms. The molecule has 2 rings (SSSR count). The first-order valence-electron chi connectivity index (χ1n) is 8.81. The van der Waals surface area contributed by atoms with Gasteiger partial charge in [0, 0.05) is 12.1 Å². The van der Waals surface area contributed by atoms with E-state index >= 15 is 0 Å². The van der Waals surface area contributed by atoms with Crippen LogP contribution in [0.3, 0.4) is 0 Å². The van der Waals surface area contributed by atoms with Gasteiger partial charge in [0.25, 0.3) is 0 Å². The zero-order valence-corrected chi connectivity index (χ0v) is 15.4. The molecule has 5 nitrogen and oxygen atoms in total. The Morgan fingerprint density at radius 2 is 1.88 bits per heavy atom. The zero-order chi connectivity index (χ0) is 17.6. The van der Waals surface area contributed by atoms with Gasteiger partial charge in [0.05, 0.1) is 11.4 Å². The van der Waals surface area contributed by atoms with Gasteiger partial charge in [-0.15, -0.1) is 0 Å². The normalized spacial score (nSPS) is 15.4. The molecule has 1 aromatic rings. The van der Waals surface area contributed by atoms with Crippen molar-refractivity contribution in [1.82, 2.24) is 0 Å². The van der Waals surface area contributed by atoms with E-state index in [1.165, 1.54) is 25.7 Å². The number of sulfonamides is 1. The largest absolute Gasteiger partial charge is 0.326 e. The zero-order valence-electron chi connectivity index (χ0n) is 14.6. The molecule has 0 unspecified atom stereocenters. The smallest absolute Gasteiger partial charge is 0.232 e. The van der Waals surface area contributed by atoms with Gasteiger partial charge in [-0.05, 0) is 43.4 Å². The summed E-state index contributed by atoms with van der Waals surface area (Å²) in [5.74, 6) is 0.771. The molecule has 1 aliphatic carbocycles. The minimum absolute atomic E-state index is 0.00133. The van der Waals surface area contributed by atoms with Crippen molar-refractivity contribution in [3.63, 3.8) is 0 Å². The van der Waals surface area contributed by atoms with Crippen LogP contribution in [0.25, 0.3) is 0 Å². The highest BCUT2D eigenvalue weighted by molar-refractivity contribution is 7.92. The lowest BCUT2D eigenvalue weighted by atomic mass is 10.0. The molecular weight excluding hydrogens is 324 g/mol. The maximum absolute atomic E-state index is 12.2. The Morgan fingerprint density at radius 1 is 1.21 bits per heavy atom. The summed E-state index contributed by atoms with van der Waals surface area (Å²) in [6.45, 7) is 3.64. The Kier molecular flexibility index (Phi) is 6.66. The number of benzene rings is 1. The van der Waals surface area contributed by atoms with Crippen LogP contribution in [-0.2, 0) is 14.8 Å². The summed E-state index contributed by atoms with van der Waals surface area (Å²) < 4.78 is 26.5. The number of amides is 1. The minimum atomic E-state index is -3.34. The topological polar surface area (TPSA) is 75.3 Å². The summed E-state index contributed by atoms with van der Waals surface area (Å²) in [4.78, 5) is 12.2. The van der Waals surface area contributed by atoms with Crippen LogP contribution >= 0.6 is 0 Å². The molecule has 0 atom stereocenters. The second kappa shape index (κ2) is 8.51. The molecule has 0 spiro atoms. The van der Waals surface area contributed by atoms with Crippen LogP contribution in [0.15, 0.2) is 18.2 Å². The van der Waals surface area contributed by atoms with Crippen LogP contribution in [0.2, 0.25) is 0 Å². The van der Waals surface area contributed by atoms with Gasteiger partial charge in [0.15, 0.2) is 0 Å². The van der Waals surface area contributed by atoms with Crippen LogP contribution in [0.5, 0.6) is 0 Å². The molecule has 0 radical (unpaired) electrons. The first kappa shape index (κ1) is 18.8. The van der Waals surface area contributed by atoms with Crippen LogP contribution < -0.4 is 10.0 Å². The molecule has 1 fully saturated rings. The van der Waals surface area contributed by atoms with Crippen molar-refractivity contribution in [2.24, 2.45) is 5.92 Å². The van der Waals surface area contributed by atoms with Gasteiger partial charge in [-0.1, -0.05) is 38.7 Å². The number of carbonyl (C=O) groups excluding carboxylic acids is 1. The second-order valence-corrected chi connectivity index (χ2v) is 8.48. The predicted octanol–water partition coefficient (Wildman–Crippen LogP) is 4.06. The fraction of sp³-hybridized carbons (Fsp3) is 0.611. The van der Waals surface area contributed by atoms with Crippen molar-refractivity contribution in [2.45, 2.75) is 58.8 Å². The van der Waals surface area contributed by atoms with Crippen LogP contribution in [-0.4, -0.2) is 20.1 Å². The van der Waals surface area contributed by atoms with E-state index in [4.69, 9.17) is 0 Å². The number of carbonyl (C=O) groups is 1. The van der Waals surface area contributed by atoms with E-state index in [1.807, 2.05) is 13.8 Å². The number of rotatable bonds is 8. The molecule has 24 heavy (non-hydrogen) atoms. The monoisotopic (exact) mass is 352 g/mol. The summed E-state index contributed by atoms with van der Waals surface area (Å²) in [5.41, 5.74) is 1.94. The first-order chi connectivity index (χ1) is 11.4. The Bertz CT molecular complexity index is 665. The van der Waals surface area contributed by atoms with Crippen molar-refractivity contribution in [3.05, 3.63) is 23.8 Å². The lowest BCUT2D eigenvalue weighted by Crippen LogP contribution is -2.18. The van der Waals surface area contributed by atoms with E-state index in [0.29, 0.717) is 30.1 Å². The third-order valence-corrected chi connectivity index (χ3v) is 6.08. The first-order valence-corrected chi connectivity index (χ1v) is 10.5. The summed E-state index contributed by atoms with van der Waals surface area (Å²) in [6, 6.07) is 5.28. The minimum Gasteiger partial charge on any atom is -0.326 e. The highest BCUT2D eigenvalue weighted by Crippen LogP contribution is 2.29. The molecule has 1 aromatic carbocycles. The quantitative estimate of drug-likeness (QED) is 0.741. The lowest BCUT2D eigenvalue weighted by Gasteiger charge is -2.15.